The lowest BCUT2D eigenvalue weighted by molar-refractivity contribution is -0.117. The quantitative estimate of drug-likeness (QED) is 0.753. The first-order valence-corrected chi connectivity index (χ1v) is 7.58. The fourth-order valence-electron chi connectivity index (χ4n) is 2.41. The fourth-order valence-corrected chi connectivity index (χ4v) is 2.41. The first kappa shape index (κ1) is 18.5. The number of hydrogen-bond acceptors (Lipinski definition) is 3. The number of benzene rings is 1. The number of rotatable bonds is 6. The van der Waals surface area contributed by atoms with Crippen molar-refractivity contribution in [1.82, 2.24) is 5.32 Å². The van der Waals surface area contributed by atoms with Crippen LogP contribution in [-0.4, -0.2) is 24.9 Å². The molecule has 5 nitrogen and oxygen atoms in total. The first-order chi connectivity index (χ1) is 10.2. The van der Waals surface area contributed by atoms with Crippen LogP contribution >= 0.6 is 12.4 Å². The molecule has 0 spiro atoms. The van der Waals surface area contributed by atoms with Gasteiger partial charge in [0.25, 0.3) is 0 Å². The molecular weight excluding hydrogens is 302 g/mol. The lowest BCUT2D eigenvalue weighted by Crippen LogP contribution is -2.15. The van der Waals surface area contributed by atoms with Gasteiger partial charge in [-0.05, 0) is 56.1 Å². The number of nitrogens with one attached hydrogen (secondary N) is 3. The van der Waals surface area contributed by atoms with Crippen LogP contribution in [0.5, 0.6) is 0 Å². The van der Waals surface area contributed by atoms with Crippen molar-refractivity contribution in [3.05, 3.63) is 24.3 Å². The van der Waals surface area contributed by atoms with E-state index in [0.29, 0.717) is 18.8 Å². The van der Waals surface area contributed by atoms with Crippen LogP contribution in [0.25, 0.3) is 0 Å². The van der Waals surface area contributed by atoms with Crippen LogP contribution in [0.2, 0.25) is 0 Å². The highest BCUT2D eigenvalue weighted by Crippen LogP contribution is 2.17. The Bertz CT molecular complexity index is 485. The van der Waals surface area contributed by atoms with Crippen molar-refractivity contribution in [2.24, 2.45) is 5.92 Å². The van der Waals surface area contributed by atoms with Crippen LogP contribution in [0.4, 0.5) is 11.4 Å². The summed E-state index contributed by atoms with van der Waals surface area (Å²) < 4.78 is 0. The average molecular weight is 326 g/mol. The van der Waals surface area contributed by atoms with Gasteiger partial charge in [0.2, 0.25) is 11.8 Å². The van der Waals surface area contributed by atoms with Crippen molar-refractivity contribution < 1.29 is 9.59 Å². The topological polar surface area (TPSA) is 70.2 Å². The molecule has 1 aliphatic heterocycles. The maximum Gasteiger partial charge on any atom is 0.224 e. The molecule has 0 saturated carbocycles. The summed E-state index contributed by atoms with van der Waals surface area (Å²) in [5.41, 5.74) is 1.51. The molecule has 0 aromatic heterocycles. The molecule has 0 aliphatic carbocycles. The van der Waals surface area contributed by atoms with Crippen molar-refractivity contribution in [2.45, 2.75) is 32.6 Å². The number of carbonyl (C=O) groups excluding carboxylic acids is 2. The molecule has 6 heteroatoms. The normalized spacial score (nSPS) is 16.7. The SMILES string of the molecule is CCC(=O)Nc1ccc(NC(=O)CCC2CCNC2)cc1.Cl. The zero-order chi connectivity index (χ0) is 15.1. The summed E-state index contributed by atoms with van der Waals surface area (Å²) in [4.78, 5) is 23.1. The molecule has 2 rings (SSSR count). The predicted molar refractivity (Wildman–Crippen MR) is 91.5 cm³/mol. The summed E-state index contributed by atoms with van der Waals surface area (Å²) in [6.07, 6.45) is 3.11. The minimum absolute atomic E-state index is 0. The Hall–Kier alpha value is -1.59. The molecule has 0 bridgehead atoms. The minimum atomic E-state index is -0.0167. The molecule has 1 heterocycles. The van der Waals surface area contributed by atoms with E-state index in [1.54, 1.807) is 24.3 Å². The average Bonchev–Trinajstić information content (AvgIpc) is 3.00. The van der Waals surface area contributed by atoms with E-state index in [2.05, 4.69) is 16.0 Å². The second-order valence-corrected chi connectivity index (χ2v) is 5.42. The van der Waals surface area contributed by atoms with Crippen LogP contribution in [0.1, 0.15) is 32.6 Å². The number of hydrogen-bond donors (Lipinski definition) is 3. The van der Waals surface area contributed by atoms with E-state index in [4.69, 9.17) is 0 Å². The molecule has 1 atom stereocenters. The lowest BCUT2D eigenvalue weighted by atomic mass is 10.0. The highest BCUT2D eigenvalue weighted by molar-refractivity contribution is 5.92. The Labute approximate surface area is 137 Å². The standard InChI is InChI=1S/C16H23N3O2.ClH/c1-2-15(20)18-13-4-6-14(7-5-13)19-16(21)8-3-12-9-10-17-11-12;/h4-7,12,17H,2-3,8-11H2,1H3,(H,18,20)(H,19,21);1H. The molecule has 2 amide bonds. The van der Waals surface area contributed by atoms with Crippen LogP contribution in [0.15, 0.2) is 24.3 Å². The maximum atomic E-state index is 11.9. The molecule has 1 fully saturated rings. The van der Waals surface area contributed by atoms with Gasteiger partial charge in [-0.3, -0.25) is 9.59 Å². The molecule has 1 saturated heterocycles. The third kappa shape index (κ3) is 6.03. The van der Waals surface area contributed by atoms with Gasteiger partial charge < -0.3 is 16.0 Å². The van der Waals surface area contributed by atoms with Gasteiger partial charge in [-0.2, -0.15) is 0 Å². The molecule has 122 valence electrons. The molecule has 1 aliphatic rings. The lowest BCUT2D eigenvalue weighted by Gasteiger charge is -2.09. The summed E-state index contributed by atoms with van der Waals surface area (Å²) in [7, 11) is 0. The molecule has 1 aromatic carbocycles. The Kier molecular flexibility index (Phi) is 7.91. The number of amides is 2. The molecule has 0 radical (unpaired) electrons. The van der Waals surface area contributed by atoms with E-state index in [1.165, 1.54) is 6.42 Å². The maximum absolute atomic E-state index is 11.9. The third-order valence-corrected chi connectivity index (χ3v) is 3.72. The Balaban J connectivity index is 0.00000242. The van der Waals surface area contributed by atoms with E-state index in [9.17, 15) is 9.59 Å². The summed E-state index contributed by atoms with van der Waals surface area (Å²) in [5, 5.41) is 8.97. The van der Waals surface area contributed by atoms with Crippen LogP contribution in [0.3, 0.4) is 0 Å². The van der Waals surface area contributed by atoms with Crippen LogP contribution in [-0.2, 0) is 9.59 Å². The van der Waals surface area contributed by atoms with Crippen LogP contribution < -0.4 is 16.0 Å². The zero-order valence-corrected chi connectivity index (χ0v) is 13.7. The van der Waals surface area contributed by atoms with Gasteiger partial charge in [-0.15, -0.1) is 12.4 Å². The first-order valence-electron chi connectivity index (χ1n) is 7.58. The molecule has 1 unspecified atom stereocenters. The summed E-state index contributed by atoms with van der Waals surface area (Å²) in [6.45, 7) is 3.90. The van der Waals surface area contributed by atoms with Gasteiger partial charge in [0.1, 0.15) is 0 Å². The Morgan fingerprint density at radius 1 is 1.14 bits per heavy atom. The molecular formula is C16H24ClN3O2. The van der Waals surface area contributed by atoms with Crippen LogP contribution in [0, 0.1) is 5.92 Å². The van der Waals surface area contributed by atoms with Crippen molar-refractivity contribution in [1.29, 1.82) is 0 Å². The fraction of sp³-hybridized carbons (Fsp3) is 0.500. The van der Waals surface area contributed by atoms with Gasteiger partial charge in [-0.25, -0.2) is 0 Å². The summed E-state index contributed by atoms with van der Waals surface area (Å²) in [5.74, 6) is 0.659. The van der Waals surface area contributed by atoms with E-state index in [-0.39, 0.29) is 24.2 Å². The summed E-state index contributed by atoms with van der Waals surface area (Å²) >= 11 is 0. The molecule has 1 aromatic rings. The minimum Gasteiger partial charge on any atom is -0.326 e. The monoisotopic (exact) mass is 325 g/mol. The smallest absolute Gasteiger partial charge is 0.224 e. The largest absolute Gasteiger partial charge is 0.326 e. The van der Waals surface area contributed by atoms with Crippen molar-refractivity contribution >= 4 is 35.6 Å². The second kappa shape index (κ2) is 9.43. The van der Waals surface area contributed by atoms with Gasteiger partial charge in [0.05, 0.1) is 0 Å². The molecule has 22 heavy (non-hydrogen) atoms. The highest BCUT2D eigenvalue weighted by atomic mass is 35.5. The van der Waals surface area contributed by atoms with Gasteiger partial charge in [0.15, 0.2) is 0 Å². The van der Waals surface area contributed by atoms with Crippen molar-refractivity contribution in [2.75, 3.05) is 23.7 Å². The Morgan fingerprint density at radius 2 is 1.73 bits per heavy atom. The highest BCUT2D eigenvalue weighted by Gasteiger charge is 2.15. The van der Waals surface area contributed by atoms with E-state index in [1.807, 2.05) is 6.92 Å². The number of halogens is 1. The van der Waals surface area contributed by atoms with Gasteiger partial charge >= 0.3 is 0 Å². The number of carbonyl (C=O) groups is 2. The van der Waals surface area contributed by atoms with E-state index >= 15 is 0 Å². The third-order valence-electron chi connectivity index (χ3n) is 3.72. The van der Waals surface area contributed by atoms with Gasteiger partial charge in [-0.1, -0.05) is 6.92 Å². The Morgan fingerprint density at radius 3 is 2.23 bits per heavy atom. The van der Waals surface area contributed by atoms with Gasteiger partial charge in [0, 0.05) is 24.2 Å². The van der Waals surface area contributed by atoms with E-state index < -0.39 is 0 Å². The van der Waals surface area contributed by atoms with Crippen molar-refractivity contribution in [3.8, 4) is 0 Å². The zero-order valence-electron chi connectivity index (χ0n) is 12.9. The van der Waals surface area contributed by atoms with Crippen molar-refractivity contribution in [3.63, 3.8) is 0 Å². The summed E-state index contributed by atoms with van der Waals surface area (Å²) in [6, 6.07) is 7.20. The predicted octanol–water partition coefficient (Wildman–Crippen LogP) is 2.79. The second-order valence-electron chi connectivity index (χ2n) is 5.42. The van der Waals surface area contributed by atoms with E-state index in [0.717, 1.165) is 30.9 Å². The molecule has 3 N–H and O–H groups in total. The number of anilines is 2.